The predicted molar refractivity (Wildman–Crippen MR) is 74.8 cm³/mol. The van der Waals surface area contributed by atoms with Crippen LogP contribution in [0.3, 0.4) is 0 Å². The fourth-order valence-electron chi connectivity index (χ4n) is 1.96. The number of carbonyl (C=O) groups is 1. The van der Waals surface area contributed by atoms with Crippen molar-refractivity contribution in [1.29, 1.82) is 0 Å². The second-order valence-corrected chi connectivity index (χ2v) is 5.14. The molecule has 0 bridgehead atoms. The third-order valence-corrected chi connectivity index (χ3v) is 4.21. The number of nitrogens with two attached hydrogens (primary N) is 1. The highest BCUT2D eigenvalue weighted by molar-refractivity contribution is 7.18. The van der Waals surface area contributed by atoms with Crippen molar-refractivity contribution in [2.45, 2.75) is 13.3 Å². The SMILES string of the molecule is CCc1c(-c2ccc(F)cc2F)sc(C(=O)OC)c1N. The molecule has 0 atom stereocenters. The molecule has 0 radical (unpaired) electrons. The van der Waals surface area contributed by atoms with E-state index in [1.165, 1.54) is 19.2 Å². The molecule has 0 spiro atoms. The smallest absolute Gasteiger partial charge is 0.350 e. The average molecular weight is 297 g/mol. The van der Waals surface area contributed by atoms with E-state index in [2.05, 4.69) is 4.74 Å². The van der Waals surface area contributed by atoms with Gasteiger partial charge in [-0.05, 0) is 24.1 Å². The summed E-state index contributed by atoms with van der Waals surface area (Å²) >= 11 is 1.05. The molecule has 2 aromatic rings. The molecule has 0 unspecified atom stereocenters. The molecule has 0 amide bonds. The molecular formula is C14H13F2NO2S. The van der Waals surface area contributed by atoms with Crippen LogP contribution in [-0.2, 0) is 11.2 Å². The Morgan fingerprint density at radius 3 is 2.65 bits per heavy atom. The summed E-state index contributed by atoms with van der Waals surface area (Å²) in [6.07, 6.45) is 0.533. The monoisotopic (exact) mass is 297 g/mol. The van der Waals surface area contributed by atoms with Crippen molar-refractivity contribution in [2.24, 2.45) is 0 Å². The van der Waals surface area contributed by atoms with Crippen LogP contribution >= 0.6 is 11.3 Å². The summed E-state index contributed by atoms with van der Waals surface area (Å²) < 4.78 is 31.5. The van der Waals surface area contributed by atoms with E-state index in [4.69, 9.17) is 5.73 Å². The van der Waals surface area contributed by atoms with Crippen LogP contribution in [0.1, 0.15) is 22.2 Å². The van der Waals surface area contributed by atoms with Crippen LogP contribution in [0.5, 0.6) is 0 Å². The molecular weight excluding hydrogens is 284 g/mol. The Morgan fingerprint density at radius 1 is 1.40 bits per heavy atom. The molecule has 1 aromatic heterocycles. The second-order valence-electron chi connectivity index (χ2n) is 4.12. The molecule has 3 nitrogen and oxygen atoms in total. The largest absolute Gasteiger partial charge is 0.465 e. The molecule has 0 saturated heterocycles. The van der Waals surface area contributed by atoms with Gasteiger partial charge in [-0.15, -0.1) is 11.3 Å². The van der Waals surface area contributed by atoms with Crippen molar-refractivity contribution in [1.82, 2.24) is 0 Å². The van der Waals surface area contributed by atoms with Crippen LogP contribution < -0.4 is 5.73 Å². The first-order valence-electron chi connectivity index (χ1n) is 5.94. The molecule has 106 valence electrons. The Kier molecular flexibility index (Phi) is 4.04. The zero-order valence-corrected chi connectivity index (χ0v) is 11.8. The number of hydrogen-bond acceptors (Lipinski definition) is 4. The topological polar surface area (TPSA) is 52.3 Å². The lowest BCUT2D eigenvalue weighted by Crippen LogP contribution is -2.02. The number of hydrogen-bond donors (Lipinski definition) is 1. The van der Waals surface area contributed by atoms with Crippen molar-refractivity contribution in [3.05, 3.63) is 40.3 Å². The number of benzene rings is 1. The van der Waals surface area contributed by atoms with Crippen molar-refractivity contribution in [3.8, 4) is 10.4 Å². The molecule has 0 aliphatic carbocycles. The summed E-state index contributed by atoms with van der Waals surface area (Å²) in [5.74, 6) is -1.89. The Hall–Kier alpha value is -1.95. The number of thiophene rings is 1. The van der Waals surface area contributed by atoms with Crippen molar-refractivity contribution in [2.75, 3.05) is 12.8 Å². The highest BCUT2D eigenvalue weighted by atomic mass is 32.1. The number of halogens is 2. The van der Waals surface area contributed by atoms with Gasteiger partial charge in [0, 0.05) is 16.5 Å². The number of esters is 1. The third-order valence-electron chi connectivity index (χ3n) is 2.95. The van der Waals surface area contributed by atoms with Gasteiger partial charge in [0.05, 0.1) is 12.8 Å². The molecule has 1 aromatic carbocycles. The average Bonchev–Trinajstić information content (AvgIpc) is 2.74. The fraction of sp³-hybridized carbons (Fsp3) is 0.214. The van der Waals surface area contributed by atoms with Gasteiger partial charge in [0.15, 0.2) is 0 Å². The van der Waals surface area contributed by atoms with Crippen LogP contribution in [0.2, 0.25) is 0 Å². The van der Waals surface area contributed by atoms with E-state index in [1.807, 2.05) is 6.92 Å². The molecule has 2 rings (SSSR count). The van der Waals surface area contributed by atoms with E-state index < -0.39 is 17.6 Å². The fourth-order valence-corrected chi connectivity index (χ4v) is 3.22. The molecule has 0 aliphatic rings. The van der Waals surface area contributed by atoms with Crippen LogP contribution in [0.4, 0.5) is 14.5 Å². The summed E-state index contributed by atoms with van der Waals surface area (Å²) in [5.41, 5.74) is 7.12. The van der Waals surface area contributed by atoms with Gasteiger partial charge in [-0.2, -0.15) is 0 Å². The van der Waals surface area contributed by atoms with Crippen molar-refractivity contribution in [3.63, 3.8) is 0 Å². The van der Waals surface area contributed by atoms with Crippen molar-refractivity contribution < 1.29 is 18.3 Å². The molecule has 2 N–H and O–H groups in total. The second kappa shape index (κ2) is 5.58. The molecule has 0 aliphatic heterocycles. The summed E-state index contributed by atoms with van der Waals surface area (Å²) in [6, 6.07) is 3.32. The number of nitrogen functional groups attached to an aromatic ring is 1. The minimum atomic E-state index is -0.683. The summed E-state index contributed by atoms with van der Waals surface area (Å²) in [7, 11) is 1.26. The Bertz CT molecular complexity index is 667. The van der Waals surface area contributed by atoms with E-state index in [0.717, 1.165) is 17.4 Å². The van der Waals surface area contributed by atoms with Gasteiger partial charge >= 0.3 is 5.97 Å². The zero-order chi connectivity index (χ0) is 14.9. The maximum atomic E-state index is 13.9. The first-order chi connectivity index (χ1) is 9.49. The van der Waals surface area contributed by atoms with Crippen LogP contribution in [-0.4, -0.2) is 13.1 Å². The number of carbonyl (C=O) groups excluding carboxylic acids is 1. The highest BCUT2D eigenvalue weighted by Crippen LogP contribution is 2.40. The maximum Gasteiger partial charge on any atom is 0.350 e. The lowest BCUT2D eigenvalue weighted by molar-refractivity contribution is 0.0607. The number of ether oxygens (including phenoxy) is 1. The Balaban J connectivity index is 2.64. The van der Waals surface area contributed by atoms with Gasteiger partial charge in [0.25, 0.3) is 0 Å². The normalized spacial score (nSPS) is 10.6. The number of rotatable bonds is 3. The van der Waals surface area contributed by atoms with Gasteiger partial charge in [-0.3, -0.25) is 0 Å². The first kappa shape index (κ1) is 14.5. The molecule has 1 heterocycles. The van der Waals surface area contributed by atoms with E-state index >= 15 is 0 Å². The first-order valence-corrected chi connectivity index (χ1v) is 6.76. The maximum absolute atomic E-state index is 13.9. The number of anilines is 1. The molecule has 0 fully saturated rings. The van der Waals surface area contributed by atoms with E-state index in [1.54, 1.807) is 0 Å². The Labute approximate surface area is 119 Å². The minimum Gasteiger partial charge on any atom is -0.465 e. The quantitative estimate of drug-likeness (QED) is 0.880. The summed E-state index contributed by atoms with van der Waals surface area (Å²) in [5, 5.41) is 0. The molecule has 6 heteroatoms. The van der Waals surface area contributed by atoms with Gasteiger partial charge < -0.3 is 10.5 Å². The molecule has 0 saturated carbocycles. The van der Waals surface area contributed by atoms with Crippen LogP contribution in [0.15, 0.2) is 18.2 Å². The van der Waals surface area contributed by atoms with Crippen LogP contribution in [0, 0.1) is 11.6 Å². The summed E-state index contributed by atoms with van der Waals surface area (Å²) in [4.78, 5) is 12.4. The lowest BCUT2D eigenvalue weighted by Gasteiger charge is -2.04. The van der Waals surface area contributed by atoms with Crippen molar-refractivity contribution >= 4 is 23.0 Å². The Morgan fingerprint density at radius 2 is 2.10 bits per heavy atom. The van der Waals surface area contributed by atoms with E-state index in [9.17, 15) is 13.6 Å². The van der Waals surface area contributed by atoms with E-state index in [0.29, 0.717) is 22.5 Å². The highest BCUT2D eigenvalue weighted by Gasteiger charge is 2.22. The summed E-state index contributed by atoms with van der Waals surface area (Å²) in [6.45, 7) is 1.85. The van der Waals surface area contributed by atoms with E-state index in [-0.39, 0.29) is 10.4 Å². The molecule has 20 heavy (non-hydrogen) atoms. The number of methoxy groups -OCH3 is 1. The minimum absolute atomic E-state index is 0.232. The van der Waals surface area contributed by atoms with Gasteiger partial charge in [0.2, 0.25) is 0 Å². The van der Waals surface area contributed by atoms with Gasteiger partial charge in [0.1, 0.15) is 16.5 Å². The van der Waals surface area contributed by atoms with Gasteiger partial charge in [-0.1, -0.05) is 6.92 Å². The lowest BCUT2D eigenvalue weighted by atomic mass is 10.1. The third kappa shape index (κ3) is 2.38. The standard InChI is InChI=1S/C14H13F2NO2S/c1-3-8-11(17)13(14(18)19-2)20-12(8)9-5-4-7(15)6-10(9)16/h4-6H,3,17H2,1-2H3. The predicted octanol–water partition coefficient (Wildman–Crippen LogP) is 3.62. The zero-order valence-electron chi connectivity index (χ0n) is 11.0. The van der Waals surface area contributed by atoms with Crippen LogP contribution in [0.25, 0.3) is 10.4 Å². The van der Waals surface area contributed by atoms with Gasteiger partial charge in [-0.25, -0.2) is 13.6 Å².